The van der Waals surface area contributed by atoms with Gasteiger partial charge in [-0.15, -0.1) is 0 Å². The molecule has 60 heavy (non-hydrogen) atoms. The highest BCUT2D eigenvalue weighted by Crippen LogP contribution is 2.17. The number of hydrogen-bond acceptors (Lipinski definition) is 6. The van der Waals surface area contributed by atoms with Gasteiger partial charge in [-0.25, -0.2) is 0 Å². The first-order chi connectivity index (χ1) is 29.5. The van der Waals surface area contributed by atoms with Gasteiger partial charge in [0.25, 0.3) is 0 Å². The number of ether oxygens (including phenoxy) is 3. The number of carbonyl (C=O) groups excluding carboxylic acids is 3. The highest BCUT2D eigenvalue weighted by Gasteiger charge is 2.19. The van der Waals surface area contributed by atoms with Crippen molar-refractivity contribution < 1.29 is 28.6 Å². The van der Waals surface area contributed by atoms with Crippen molar-refractivity contribution in [2.24, 2.45) is 0 Å². The molecule has 0 rings (SSSR count). The van der Waals surface area contributed by atoms with Crippen LogP contribution in [0.25, 0.3) is 0 Å². The number of rotatable bonds is 50. The van der Waals surface area contributed by atoms with Crippen LogP contribution in [0.4, 0.5) is 0 Å². The van der Waals surface area contributed by atoms with Gasteiger partial charge in [0.15, 0.2) is 6.10 Å². The zero-order chi connectivity index (χ0) is 43.7. The second-order valence-electron chi connectivity index (χ2n) is 18.5. The van der Waals surface area contributed by atoms with Crippen molar-refractivity contribution in [3.63, 3.8) is 0 Å². The fourth-order valence-corrected chi connectivity index (χ4v) is 8.27. The molecule has 0 aromatic carbocycles. The van der Waals surface area contributed by atoms with E-state index in [1.165, 1.54) is 205 Å². The predicted octanol–water partition coefficient (Wildman–Crippen LogP) is 17.6. The zero-order valence-electron chi connectivity index (χ0n) is 40.8. The van der Waals surface area contributed by atoms with Crippen LogP contribution in [0, 0.1) is 0 Å². The Hall–Kier alpha value is -1.59. The third kappa shape index (κ3) is 47.5. The molecule has 0 aliphatic rings. The summed E-state index contributed by atoms with van der Waals surface area (Å²) >= 11 is 0. The molecule has 0 fully saturated rings. The second-order valence-corrected chi connectivity index (χ2v) is 18.5. The first-order valence-corrected chi connectivity index (χ1v) is 27.0. The summed E-state index contributed by atoms with van der Waals surface area (Å²) in [5.41, 5.74) is 0. The minimum atomic E-state index is -0.756. The van der Waals surface area contributed by atoms with Crippen LogP contribution in [0.15, 0.2) is 0 Å². The quantitative estimate of drug-likeness (QED) is 0.0345. The summed E-state index contributed by atoms with van der Waals surface area (Å²) in [4.78, 5) is 37.4. The Labute approximate surface area is 374 Å². The molecule has 0 bridgehead atoms. The molecule has 0 aromatic heterocycles. The molecule has 0 amide bonds. The van der Waals surface area contributed by atoms with Gasteiger partial charge >= 0.3 is 17.9 Å². The van der Waals surface area contributed by atoms with E-state index in [2.05, 4.69) is 20.8 Å². The molecule has 0 spiro atoms. The van der Waals surface area contributed by atoms with Gasteiger partial charge < -0.3 is 14.2 Å². The van der Waals surface area contributed by atoms with E-state index < -0.39 is 6.10 Å². The predicted molar refractivity (Wildman–Crippen MR) is 257 cm³/mol. The third-order valence-corrected chi connectivity index (χ3v) is 12.4. The highest BCUT2D eigenvalue weighted by atomic mass is 16.6. The van der Waals surface area contributed by atoms with Crippen molar-refractivity contribution in [2.75, 3.05) is 13.2 Å². The van der Waals surface area contributed by atoms with Gasteiger partial charge in [-0.05, 0) is 19.3 Å². The summed E-state index contributed by atoms with van der Waals surface area (Å²) < 4.78 is 16.6. The summed E-state index contributed by atoms with van der Waals surface area (Å²) in [6.45, 7) is 6.55. The fourth-order valence-electron chi connectivity index (χ4n) is 8.27. The van der Waals surface area contributed by atoms with Crippen molar-refractivity contribution >= 4 is 17.9 Å². The Morgan fingerprint density at radius 3 is 0.667 bits per heavy atom. The zero-order valence-corrected chi connectivity index (χ0v) is 40.8. The molecular weight excluding hydrogens is 745 g/mol. The van der Waals surface area contributed by atoms with E-state index in [4.69, 9.17) is 14.2 Å². The lowest BCUT2D eigenvalue weighted by Gasteiger charge is -2.18. The largest absolute Gasteiger partial charge is 0.462 e. The van der Waals surface area contributed by atoms with Gasteiger partial charge in [-0.2, -0.15) is 0 Å². The first kappa shape index (κ1) is 58.4. The lowest BCUT2D eigenvalue weighted by molar-refractivity contribution is -0.167. The van der Waals surface area contributed by atoms with Crippen molar-refractivity contribution in [1.29, 1.82) is 0 Å². The number of unbranched alkanes of at least 4 members (excludes halogenated alkanes) is 39. The summed E-state index contributed by atoms with van der Waals surface area (Å²) in [7, 11) is 0. The Balaban J connectivity index is 3.75. The smallest absolute Gasteiger partial charge is 0.306 e. The van der Waals surface area contributed by atoms with Crippen LogP contribution in [0.1, 0.15) is 310 Å². The summed E-state index contributed by atoms with van der Waals surface area (Å²) in [5.74, 6) is -0.871. The molecule has 0 saturated carbocycles. The van der Waals surface area contributed by atoms with Gasteiger partial charge in [0.2, 0.25) is 0 Å². The maximum atomic E-state index is 12.6. The van der Waals surface area contributed by atoms with Gasteiger partial charge in [0.05, 0.1) is 0 Å². The highest BCUT2D eigenvalue weighted by molar-refractivity contribution is 5.71. The number of hydrogen-bond donors (Lipinski definition) is 0. The Morgan fingerprint density at radius 1 is 0.267 bits per heavy atom. The SMILES string of the molecule is CCCCCCCCCCCCCCCCCCCCCCCCCCCCCCCCC(=O)OCC(COC(=O)CCCCCCC)OC(=O)CCCCCCCCC. The monoisotopic (exact) mass is 849 g/mol. The Bertz CT molecular complexity index is 889. The van der Waals surface area contributed by atoms with Crippen molar-refractivity contribution in [2.45, 2.75) is 316 Å². The summed E-state index contributed by atoms with van der Waals surface area (Å²) in [6, 6.07) is 0. The first-order valence-electron chi connectivity index (χ1n) is 27.0. The lowest BCUT2D eigenvalue weighted by Crippen LogP contribution is -2.30. The van der Waals surface area contributed by atoms with E-state index >= 15 is 0 Å². The van der Waals surface area contributed by atoms with E-state index in [0.29, 0.717) is 19.3 Å². The van der Waals surface area contributed by atoms with E-state index in [1.54, 1.807) is 0 Å². The molecule has 6 nitrogen and oxygen atoms in total. The van der Waals surface area contributed by atoms with Crippen LogP contribution in [0.5, 0.6) is 0 Å². The standard InChI is InChI=1S/C54H104O6/c1-4-7-10-13-15-16-17-18-19-20-21-22-23-24-25-26-27-28-29-30-31-32-33-34-35-36-37-39-41-44-47-53(56)59-50-51(49-58-52(55)46-43-40-12-9-6-3)60-54(57)48-45-42-38-14-11-8-5-2/h51H,4-50H2,1-3H3. The van der Waals surface area contributed by atoms with E-state index in [9.17, 15) is 14.4 Å². The van der Waals surface area contributed by atoms with Crippen LogP contribution in [0.3, 0.4) is 0 Å². The van der Waals surface area contributed by atoms with E-state index in [-0.39, 0.29) is 31.1 Å². The molecule has 6 heteroatoms. The second kappa shape index (κ2) is 50.1. The molecule has 1 atom stereocenters. The average molecular weight is 849 g/mol. The molecule has 0 aliphatic heterocycles. The van der Waals surface area contributed by atoms with Gasteiger partial charge in [0, 0.05) is 19.3 Å². The molecule has 0 radical (unpaired) electrons. The van der Waals surface area contributed by atoms with E-state index in [0.717, 1.165) is 64.2 Å². The van der Waals surface area contributed by atoms with Crippen LogP contribution >= 0.6 is 0 Å². The van der Waals surface area contributed by atoms with Crippen LogP contribution in [-0.2, 0) is 28.6 Å². The van der Waals surface area contributed by atoms with Crippen molar-refractivity contribution in [1.82, 2.24) is 0 Å². The van der Waals surface area contributed by atoms with E-state index in [1.807, 2.05) is 0 Å². The minimum absolute atomic E-state index is 0.0645. The summed E-state index contributed by atoms with van der Waals surface area (Å²) in [6.07, 6.45) is 54.7. The van der Waals surface area contributed by atoms with Crippen LogP contribution < -0.4 is 0 Å². The normalized spacial score (nSPS) is 11.8. The van der Waals surface area contributed by atoms with Crippen molar-refractivity contribution in [3.8, 4) is 0 Å². The summed E-state index contributed by atoms with van der Waals surface area (Å²) in [5, 5.41) is 0. The van der Waals surface area contributed by atoms with Gasteiger partial charge in [-0.1, -0.05) is 271 Å². The Morgan fingerprint density at radius 2 is 0.450 bits per heavy atom. The van der Waals surface area contributed by atoms with Gasteiger partial charge in [0.1, 0.15) is 13.2 Å². The third-order valence-electron chi connectivity index (χ3n) is 12.4. The molecule has 0 N–H and O–H groups in total. The lowest BCUT2D eigenvalue weighted by atomic mass is 10.0. The fraction of sp³-hybridized carbons (Fsp3) is 0.944. The van der Waals surface area contributed by atoms with Crippen LogP contribution in [0.2, 0.25) is 0 Å². The maximum Gasteiger partial charge on any atom is 0.306 e. The Kier molecular flexibility index (Phi) is 48.7. The average Bonchev–Trinajstić information content (AvgIpc) is 3.24. The molecule has 0 aromatic rings. The molecule has 356 valence electrons. The number of esters is 3. The molecule has 0 heterocycles. The molecule has 1 unspecified atom stereocenters. The minimum Gasteiger partial charge on any atom is -0.462 e. The number of carbonyl (C=O) groups is 3. The molecular formula is C54H104O6. The van der Waals surface area contributed by atoms with Crippen molar-refractivity contribution in [3.05, 3.63) is 0 Å². The molecule has 0 aliphatic carbocycles. The van der Waals surface area contributed by atoms with Gasteiger partial charge in [-0.3, -0.25) is 14.4 Å². The maximum absolute atomic E-state index is 12.6. The molecule has 0 saturated heterocycles. The topological polar surface area (TPSA) is 78.9 Å². The van der Waals surface area contributed by atoms with Crippen LogP contribution in [-0.4, -0.2) is 37.2 Å².